The van der Waals surface area contributed by atoms with Crippen molar-refractivity contribution in [1.29, 1.82) is 0 Å². The maximum Gasteiger partial charge on any atom is 0.183 e. The molecular weight excluding hydrogens is 122 g/mol. The molecule has 0 bridgehead atoms. The first-order chi connectivity index (χ1) is 4.33. The summed E-state index contributed by atoms with van der Waals surface area (Å²) in [4.78, 5) is 4.32. The topological polar surface area (TPSA) is 53.7 Å². The Morgan fingerprint density at radius 3 is 3.00 bits per heavy atom. The van der Waals surface area contributed by atoms with E-state index in [1.54, 1.807) is 0 Å². The zero-order valence-corrected chi connectivity index (χ0v) is 5.37. The molecule has 9 heavy (non-hydrogen) atoms. The van der Waals surface area contributed by atoms with Crippen LogP contribution in [0.1, 0.15) is 6.92 Å². The van der Waals surface area contributed by atoms with Crippen LogP contribution in [0.2, 0.25) is 0 Å². The molecule has 0 aromatic rings. The van der Waals surface area contributed by atoms with Crippen molar-refractivity contribution in [3.63, 3.8) is 0 Å². The third-order valence-electron chi connectivity index (χ3n) is 1.13. The molecule has 0 aliphatic carbocycles. The monoisotopic (exact) mass is 133 g/mol. The molecule has 2 N–H and O–H groups in total. The number of rotatable bonds is 2. The summed E-state index contributed by atoms with van der Waals surface area (Å²) in [5.41, 5.74) is 0. The van der Waals surface area contributed by atoms with Crippen molar-refractivity contribution < 1.29 is 14.3 Å². The van der Waals surface area contributed by atoms with Crippen LogP contribution >= 0.6 is 0 Å². The number of nitrogens with two attached hydrogens (primary N) is 1. The molecule has 1 rings (SSSR count). The minimum absolute atomic E-state index is 0.171. The predicted octanol–water partition coefficient (Wildman–Crippen LogP) is -0.362. The molecule has 0 aromatic heterocycles. The molecule has 4 heteroatoms. The SMILES string of the molecule is CC1COC(CON)O1. The zero-order chi connectivity index (χ0) is 6.69. The second-order valence-corrected chi connectivity index (χ2v) is 2.04. The standard InChI is InChI=1S/C5H11NO3/c1-4-2-7-5(9-4)3-8-6/h4-5H,2-3,6H2,1H3. The Bertz CT molecular complexity index is 86.3. The Morgan fingerprint density at radius 2 is 2.56 bits per heavy atom. The van der Waals surface area contributed by atoms with Gasteiger partial charge >= 0.3 is 0 Å². The van der Waals surface area contributed by atoms with Gasteiger partial charge in [0.2, 0.25) is 0 Å². The zero-order valence-electron chi connectivity index (χ0n) is 5.37. The second kappa shape index (κ2) is 3.12. The first kappa shape index (κ1) is 6.95. The van der Waals surface area contributed by atoms with E-state index in [0.717, 1.165) is 0 Å². The number of hydrogen-bond acceptors (Lipinski definition) is 4. The highest BCUT2D eigenvalue weighted by atomic mass is 16.7. The van der Waals surface area contributed by atoms with Crippen LogP contribution in [-0.4, -0.2) is 25.6 Å². The lowest BCUT2D eigenvalue weighted by Gasteiger charge is -2.05. The highest BCUT2D eigenvalue weighted by Crippen LogP contribution is 2.09. The maximum atomic E-state index is 5.17. The van der Waals surface area contributed by atoms with Crippen LogP contribution in [0, 0.1) is 0 Å². The van der Waals surface area contributed by atoms with Crippen molar-refractivity contribution in [2.45, 2.75) is 19.3 Å². The van der Waals surface area contributed by atoms with Gasteiger partial charge in [-0.2, -0.15) is 0 Å². The lowest BCUT2D eigenvalue weighted by molar-refractivity contribution is -0.104. The first-order valence-electron chi connectivity index (χ1n) is 2.91. The fourth-order valence-electron chi connectivity index (χ4n) is 0.746. The van der Waals surface area contributed by atoms with E-state index in [1.807, 2.05) is 6.92 Å². The summed E-state index contributed by atoms with van der Waals surface area (Å²) in [7, 11) is 0. The van der Waals surface area contributed by atoms with Gasteiger partial charge in [0.15, 0.2) is 6.29 Å². The van der Waals surface area contributed by atoms with E-state index in [-0.39, 0.29) is 12.4 Å². The van der Waals surface area contributed by atoms with Crippen molar-refractivity contribution in [2.24, 2.45) is 5.90 Å². The molecule has 4 nitrogen and oxygen atoms in total. The smallest absolute Gasteiger partial charge is 0.183 e. The quantitative estimate of drug-likeness (QED) is 0.522. The third-order valence-corrected chi connectivity index (χ3v) is 1.13. The normalized spacial score (nSPS) is 35.3. The van der Waals surface area contributed by atoms with Gasteiger partial charge in [0.25, 0.3) is 0 Å². The summed E-state index contributed by atoms with van der Waals surface area (Å²) in [6.45, 7) is 2.88. The van der Waals surface area contributed by atoms with Crippen LogP contribution in [0.3, 0.4) is 0 Å². The molecule has 1 aliphatic rings. The fourth-order valence-corrected chi connectivity index (χ4v) is 0.746. The Morgan fingerprint density at radius 1 is 1.78 bits per heavy atom. The summed E-state index contributed by atoms with van der Waals surface area (Å²) >= 11 is 0. The van der Waals surface area contributed by atoms with Gasteiger partial charge in [0.1, 0.15) is 6.61 Å². The van der Waals surface area contributed by atoms with Gasteiger partial charge in [-0.05, 0) is 6.92 Å². The summed E-state index contributed by atoms with van der Waals surface area (Å²) in [5, 5.41) is 0. The second-order valence-electron chi connectivity index (χ2n) is 2.04. The minimum Gasteiger partial charge on any atom is -0.347 e. The molecule has 0 aromatic carbocycles. The molecule has 54 valence electrons. The summed E-state index contributed by atoms with van der Waals surface area (Å²) in [5.74, 6) is 4.79. The van der Waals surface area contributed by atoms with Crippen molar-refractivity contribution in [3.8, 4) is 0 Å². The van der Waals surface area contributed by atoms with Gasteiger partial charge in [-0.1, -0.05) is 0 Å². The van der Waals surface area contributed by atoms with E-state index >= 15 is 0 Å². The lowest BCUT2D eigenvalue weighted by Crippen LogP contribution is -2.19. The molecular formula is C5H11NO3. The van der Waals surface area contributed by atoms with Crippen LogP contribution in [0.15, 0.2) is 0 Å². The summed E-state index contributed by atoms with van der Waals surface area (Å²) in [6, 6.07) is 0. The third kappa shape index (κ3) is 1.91. The highest BCUT2D eigenvalue weighted by molar-refractivity contribution is 4.57. The van der Waals surface area contributed by atoms with Gasteiger partial charge in [-0.15, -0.1) is 0 Å². The lowest BCUT2D eigenvalue weighted by atomic mass is 10.5. The van der Waals surface area contributed by atoms with Crippen molar-refractivity contribution >= 4 is 0 Å². The van der Waals surface area contributed by atoms with Gasteiger partial charge in [0, 0.05) is 0 Å². The predicted molar refractivity (Wildman–Crippen MR) is 30.4 cm³/mol. The van der Waals surface area contributed by atoms with E-state index in [2.05, 4.69) is 4.84 Å². The summed E-state index contributed by atoms with van der Waals surface area (Å²) < 4.78 is 10.3. The Labute approximate surface area is 53.8 Å². The van der Waals surface area contributed by atoms with Crippen LogP contribution in [-0.2, 0) is 14.3 Å². The van der Waals surface area contributed by atoms with Gasteiger partial charge in [-0.25, -0.2) is 5.90 Å². The average molecular weight is 133 g/mol. The molecule has 2 unspecified atom stereocenters. The summed E-state index contributed by atoms with van der Waals surface area (Å²) in [6.07, 6.45) is -0.0878. The average Bonchev–Trinajstić information content (AvgIpc) is 2.17. The van der Waals surface area contributed by atoms with Crippen molar-refractivity contribution in [2.75, 3.05) is 13.2 Å². The van der Waals surface area contributed by atoms with E-state index in [9.17, 15) is 0 Å². The fraction of sp³-hybridized carbons (Fsp3) is 1.00. The van der Waals surface area contributed by atoms with E-state index < -0.39 is 0 Å². The number of hydrogen-bond donors (Lipinski definition) is 1. The molecule has 1 saturated heterocycles. The van der Waals surface area contributed by atoms with Crippen LogP contribution in [0.4, 0.5) is 0 Å². The Kier molecular flexibility index (Phi) is 2.41. The molecule has 1 aliphatic heterocycles. The van der Waals surface area contributed by atoms with Gasteiger partial charge < -0.3 is 9.47 Å². The molecule has 1 fully saturated rings. The number of ether oxygens (including phenoxy) is 2. The molecule has 0 saturated carbocycles. The van der Waals surface area contributed by atoms with Gasteiger partial charge in [-0.3, -0.25) is 4.84 Å². The maximum absolute atomic E-state index is 5.17. The van der Waals surface area contributed by atoms with Crippen molar-refractivity contribution in [1.82, 2.24) is 0 Å². The van der Waals surface area contributed by atoms with E-state index in [4.69, 9.17) is 15.4 Å². The van der Waals surface area contributed by atoms with Crippen LogP contribution in [0.25, 0.3) is 0 Å². The van der Waals surface area contributed by atoms with Gasteiger partial charge in [0.05, 0.1) is 12.7 Å². The Balaban J connectivity index is 2.14. The molecule has 1 heterocycles. The Hall–Kier alpha value is -0.160. The molecule has 0 radical (unpaired) electrons. The van der Waals surface area contributed by atoms with E-state index in [0.29, 0.717) is 13.2 Å². The first-order valence-corrected chi connectivity index (χ1v) is 2.91. The van der Waals surface area contributed by atoms with E-state index in [1.165, 1.54) is 0 Å². The van der Waals surface area contributed by atoms with Crippen LogP contribution < -0.4 is 5.90 Å². The molecule has 0 spiro atoms. The largest absolute Gasteiger partial charge is 0.347 e. The van der Waals surface area contributed by atoms with Crippen molar-refractivity contribution in [3.05, 3.63) is 0 Å². The molecule has 0 amide bonds. The van der Waals surface area contributed by atoms with Crippen LogP contribution in [0.5, 0.6) is 0 Å². The molecule has 2 atom stereocenters. The minimum atomic E-state index is -0.259. The highest BCUT2D eigenvalue weighted by Gasteiger charge is 2.21.